The van der Waals surface area contributed by atoms with E-state index < -0.39 is 0 Å². The Labute approximate surface area is 113 Å². The molecule has 0 saturated carbocycles. The molecule has 0 atom stereocenters. The van der Waals surface area contributed by atoms with E-state index in [-0.39, 0.29) is 5.91 Å². The molecule has 0 fully saturated rings. The first-order valence-electron chi connectivity index (χ1n) is 6.41. The molecule has 2 aromatic rings. The Morgan fingerprint density at radius 1 is 1.11 bits per heavy atom. The smallest absolute Gasteiger partial charge is 0.251 e. The van der Waals surface area contributed by atoms with E-state index in [0.29, 0.717) is 6.54 Å². The Balaban J connectivity index is 1.89. The van der Waals surface area contributed by atoms with Crippen LogP contribution in [0.5, 0.6) is 0 Å². The number of rotatable bonds is 4. The van der Waals surface area contributed by atoms with Crippen LogP contribution in [0.4, 0.5) is 0 Å². The minimum absolute atomic E-state index is 0.0165. The molecule has 0 aliphatic carbocycles. The molecule has 1 amide bonds. The van der Waals surface area contributed by atoms with Gasteiger partial charge in [-0.25, -0.2) is 0 Å². The van der Waals surface area contributed by atoms with Gasteiger partial charge in [-0.3, -0.25) is 9.78 Å². The van der Waals surface area contributed by atoms with Gasteiger partial charge in [0, 0.05) is 24.5 Å². The number of carbonyl (C=O) groups excluding carboxylic acids is 1. The lowest BCUT2D eigenvalue weighted by Gasteiger charge is -2.07. The minimum atomic E-state index is -0.0165. The van der Waals surface area contributed by atoms with Crippen LogP contribution in [0.3, 0.4) is 0 Å². The molecule has 1 N–H and O–H groups in total. The topological polar surface area (TPSA) is 42.0 Å². The van der Waals surface area contributed by atoms with E-state index >= 15 is 0 Å². The Hall–Kier alpha value is -2.16. The fourth-order valence-electron chi connectivity index (χ4n) is 1.85. The van der Waals surface area contributed by atoms with E-state index in [2.05, 4.69) is 10.3 Å². The second-order valence-electron chi connectivity index (χ2n) is 4.66. The van der Waals surface area contributed by atoms with Crippen molar-refractivity contribution < 1.29 is 4.79 Å². The number of hydrogen-bond donors (Lipinski definition) is 1. The SMILES string of the molecule is Cc1ccc(C(=O)NCCc2ccncc2)cc1C. The summed E-state index contributed by atoms with van der Waals surface area (Å²) < 4.78 is 0. The quantitative estimate of drug-likeness (QED) is 0.911. The minimum Gasteiger partial charge on any atom is -0.352 e. The van der Waals surface area contributed by atoms with Crippen molar-refractivity contribution in [3.63, 3.8) is 0 Å². The number of carbonyl (C=O) groups is 1. The number of pyridine rings is 1. The number of hydrogen-bond acceptors (Lipinski definition) is 2. The third-order valence-corrected chi connectivity index (χ3v) is 3.22. The molecule has 0 unspecified atom stereocenters. The third-order valence-electron chi connectivity index (χ3n) is 3.22. The molecular formula is C16H18N2O. The van der Waals surface area contributed by atoms with Crippen LogP contribution in [-0.4, -0.2) is 17.4 Å². The van der Waals surface area contributed by atoms with Crippen LogP contribution in [0.25, 0.3) is 0 Å². The summed E-state index contributed by atoms with van der Waals surface area (Å²) in [6, 6.07) is 9.69. The van der Waals surface area contributed by atoms with Crippen molar-refractivity contribution >= 4 is 5.91 Å². The van der Waals surface area contributed by atoms with Gasteiger partial charge in [-0.1, -0.05) is 6.07 Å². The van der Waals surface area contributed by atoms with Gasteiger partial charge in [-0.05, 0) is 61.2 Å². The summed E-state index contributed by atoms with van der Waals surface area (Å²) in [5.41, 5.74) is 4.24. The first-order valence-corrected chi connectivity index (χ1v) is 6.41. The van der Waals surface area contributed by atoms with Crippen molar-refractivity contribution in [3.05, 3.63) is 65.0 Å². The second-order valence-corrected chi connectivity index (χ2v) is 4.66. The number of aryl methyl sites for hydroxylation is 2. The largest absolute Gasteiger partial charge is 0.352 e. The van der Waals surface area contributed by atoms with Crippen LogP contribution in [0.15, 0.2) is 42.7 Å². The summed E-state index contributed by atoms with van der Waals surface area (Å²) in [5, 5.41) is 2.93. The lowest BCUT2D eigenvalue weighted by molar-refractivity contribution is 0.0954. The molecule has 1 aromatic carbocycles. The first-order chi connectivity index (χ1) is 9.16. The Morgan fingerprint density at radius 2 is 1.84 bits per heavy atom. The van der Waals surface area contributed by atoms with Gasteiger partial charge in [0.15, 0.2) is 0 Å². The normalized spacial score (nSPS) is 10.2. The second kappa shape index (κ2) is 6.14. The molecule has 0 aliphatic rings. The highest BCUT2D eigenvalue weighted by Crippen LogP contribution is 2.09. The molecule has 1 aromatic heterocycles. The van der Waals surface area contributed by atoms with Crippen molar-refractivity contribution in [3.8, 4) is 0 Å². The Morgan fingerprint density at radius 3 is 2.53 bits per heavy atom. The number of aromatic nitrogens is 1. The fraction of sp³-hybridized carbons (Fsp3) is 0.250. The van der Waals surface area contributed by atoms with E-state index in [1.54, 1.807) is 12.4 Å². The summed E-state index contributed by atoms with van der Waals surface area (Å²) in [6.45, 7) is 4.69. The summed E-state index contributed by atoms with van der Waals surface area (Å²) in [4.78, 5) is 15.9. The van der Waals surface area contributed by atoms with Gasteiger partial charge in [0.05, 0.1) is 0 Å². The Bertz CT molecular complexity index is 564. The highest BCUT2D eigenvalue weighted by molar-refractivity contribution is 5.94. The van der Waals surface area contributed by atoms with Gasteiger partial charge < -0.3 is 5.32 Å². The zero-order valence-electron chi connectivity index (χ0n) is 11.3. The van der Waals surface area contributed by atoms with E-state index in [9.17, 15) is 4.79 Å². The van der Waals surface area contributed by atoms with E-state index in [1.165, 1.54) is 11.1 Å². The number of amides is 1. The average Bonchev–Trinajstić information content (AvgIpc) is 2.43. The molecular weight excluding hydrogens is 236 g/mol. The van der Waals surface area contributed by atoms with Crippen LogP contribution in [0.1, 0.15) is 27.0 Å². The first kappa shape index (κ1) is 13.3. The molecule has 3 nitrogen and oxygen atoms in total. The van der Waals surface area contributed by atoms with Gasteiger partial charge in [-0.15, -0.1) is 0 Å². The van der Waals surface area contributed by atoms with E-state index in [0.717, 1.165) is 17.5 Å². The molecule has 3 heteroatoms. The summed E-state index contributed by atoms with van der Waals surface area (Å²) in [6.07, 6.45) is 4.35. The van der Waals surface area contributed by atoms with E-state index in [4.69, 9.17) is 0 Å². The summed E-state index contributed by atoms with van der Waals surface area (Å²) in [5.74, 6) is -0.0165. The number of benzene rings is 1. The monoisotopic (exact) mass is 254 g/mol. The summed E-state index contributed by atoms with van der Waals surface area (Å²) in [7, 11) is 0. The van der Waals surface area contributed by atoms with Gasteiger partial charge in [0.25, 0.3) is 5.91 Å². The van der Waals surface area contributed by atoms with Crippen LogP contribution in [0.2, 0.25) is 0 Å². The van der Waals surface area contributed by atoms with Crippen molar-refractivity contribution in [2.45, 2.75) is 20.3 Å². The average molecular weight is 254 g/mol. The lowest BCUT2D eigenvalue weighted by atomic mass is 10.1. The molecule has 0 spiro atoms. The van der Waals surface area contributed by atoms with Gasteiger partial charge in [-0.2, -0.15) is 0 Å². The zero-order valence-corrected chi connectivity index (χ0v) is 11.3. The predicted octanol–water partition coefficient (Wildman–Crippen LogP) is 2.67. The maximum atomic E-state index is 12.0. The Kier molecular flexibility index (Phi) is 4.29. The standard InChI is InChI=1S/C16H18N2O/c1-12-3-4-15(11-13(12)2)16(19)18-10-7-14-5-8-17-9-6-14/h3-6,8-9,11H,7,10H2,1-2H3,(H,18,19). The molecule has 0 bridgehead atoms. The van der Waals surface area contributed by atoms with Crippen LogP contribution in [-0.2, 0) is 6.42 Å². The third kappa shape index (κ3) is 3.65. The number of nitrogens with one attached hydrogen (secondary N) is 1. The van der Waals surface area contributed by atoms with Crippen molar-refractivity contribution in [1.82, 2.24) is 10.3 Å². The molecule has 98 valence electrons. The van der Waals surface area contributed by atoms with E-state index in [1.807, 2.05) is 44.2 Å². The van der Waals surface area contributed by atoms with Crippen molar-refractivity contribution in [2.24, 2.45) is 0 Å². The van der Waals surface area contributed by atoms with Gasteiger partial charge in [0.2, 0.25) is 0 Å². The molecule has 0 radical (unpaired) electrons. The van der Waals surface area contributed by atoms with Crippen LogP contribution >= 0.6 is 0 Å². The number of nitrogens with zero attached hydrogens (tertiary/aromatic N) is 1. The zero-order chi connectivity index (χ0) is 13.7. The predicted molar refractivity (Wildman–Crippen MR) is 76.2 cm³/mol. The maximum absolute atomic E-state index is 12.0. The van der Waals surface area contributed by atoms with Crippen LogP contribution in [0, 0.1) is 13.8 Å². The van der Waals surface area contributed by atoms with Crippen molar-refractivity contribution in [1.29, 1.82) is 0 Å². The molecule has 0 saturated heterocycles. The van der Waals surface area contributed by atoms with Gasteiger partial charge >= 0.3 is 0 Å². The molecule has 2 rings (SSSR count). The molecule has 0 aliphatic heterocycles. The lowest BCUT2D eigenvalue weighted by Crippen LogP contribution is -2.25. The highest BCUT2D eigenvalue weighted by atomic mass is 16.1. The maximum Gasteiger partial charge on any atom is 0.251 e. The van der Waals surface area contributed by atoms with Gasteiger partial charge in [0.1, 0.15) is 0 Å². The molecule has 19 heavy (non-hydrogen) atoms. The fourth-order valence-corrected chi connectivity index (χ4v) is 1.85. The van der Waals surface area contributed by atoms with Crippen LogP contribution < -0.4 is 5.32 Å². The summed E-state index contributed by atoms with van der Waals surface area (Å²) >= 11 is 0. The highest BCUT2D eigenvalue weighted by Gasteiger charge is 2.05. The van der Waals surface area contributed by atoms with Crippen molar-refractivity contribution in [2.75, 3.05) is 6.54 Å². The molecule has 1 heterocycles.